The van der Waals surface area contributed by atoms with Crippen LogP contribution >= 0.6 is 0 Å². The highest BCUT2D eigenvalue weighted by molar-refractivity contribution is 5.44. The molecule has 0 aliphatic carbocycles. The van der Waals surface area contributed by atoms with E-state index >= 15 is 0 Å². The number of hydrogen-bond acceptors (Lipinski definition) is 1. The van der Waals surface area contributed by atoms with E-state index in [4.69, 9.17) is 4.74 Å². The molecule has 0 saturated carbocycles. The number of hydrogen-bond donors (Lipinski definition) is 0. The van der Waals surface area contributed by atoms with Crippen LogP contribution in [0.4, 0.5) is 0 Å². The van der Waals surface area contributed by atoms with Gasteiger partial charge in [-0.3, -0.25) is 0 Å². The third-order valence-electron chi connectivity index (χ3n) is 2.17. The Morgan fingerprint density at radius 3 is 2.92 bits per heavy atom. The van der Waals surface area contributed by atoms with Crippen molar-refractivity contribution in [3.63, 3.8) is 0 Å². The standard InChI is InChI=1S/C11H12O/c1-8-4-3-5-10-7-6-9(2)12-11(8)10/h3-6H,7H2,1-2H3. The second-order valence-corrected chi connectivity index (χ2v) is 3.18. The first-order chi connectivity index (χ1) is 5.77. The fraction of sp³-hybridized carbons (Fsp3) is 0.273. The fourth-order valence-electron chi connectivity index (χ4n) is 1.48. The molecule has 0 unspecified atom stereocenters. The van der Waals surface area contributed by atoms with Gasteiger partial charge in [-0.2, -0.15) is 0 Å². The Kier molecular flexibility index (Phi) is 1.65. The molecule has 1 heteroatoms. The molecular formula is C11H12O. The molecule has 0 N–H and O–H groups in total. The topological polar surface area (TPSA) is 9.23 Å². The van der Waals surface area contributed by atoms with Gasteiger partial charge in [-0.15, -0.1) is 0 Å². The molecule has 1 nitrogen and oxygen atoms in total. The number of ether oxygens (including phenoxy) is 1. The van der Waals surface area contributed by atoms with Gasteiger partial charge in [0.25, 0.3) is 0 Å². The molecule has 0 saturated heterocycles. The van der Waals surface area contributed by atoms with Crippen LogP contribution in [0.2, 0.25) is 0 Å². The summed E-state index contributed by atoms with van der Waals surface area (Å²) < 4.78 is 5.62. The van der Waals surface area contributed by atoms with Gasteiger partial charge < -0.3 is 4.74 Å². The Hall–Kier alpha value is -1.24. The van der Waals surface area contributed by atoms with E-state index < -0.39 is 0 Å². The Labute approximate surface area is 72.7 Å². The third-order valence-corrected chi connectivity index (χ3v) is 2.17. The second-order valence-electron chi connectivity index (χ2n) is 3.18. The summed E-state index contributed by atoms with van der Waals surface area (Å²) >= 11 is 0. The molecule has 12 heavy (non-hydrogen) atoms. The van der Waals surface area contributed by atoms with Gasteiger partial charge in [0.2, 0.25) is 0 Å². The summed E-state index contributed by atoms with van der Waals surface area (Å²) in [5.41, 5.74) is 2.51. The Bertz CT molecular complexity index is 337. The zero-order valence-electron chi connectivity index (χ0n) is 7.42. The summed E-state index contributed by atoms with van der Waals surface area (Å²) in [5, 5.41) is 0. The van der Waals surface area contributed by atoms with Crippen molar-refractivity contribution < 1.29 is 4.74 Å². The van der Waals surface area contributed by atoms with Gasteiger partial charge in [0.05, 0.1) is 5.76 Å². The summed E-state index contributed by atoms with van der Waals surface area (Å²) in [7, 11) is 0. The molecule has 0 atom stereocenters. The maximum Gasteiger partial charge on any atom is 0.133 e. The molecule has 1 aromatic carbocycles. The van der Waals surface area contributed by atoms with Crippen molar-refractivity contribution in [3.05, 3.63) is 41.2 Å². The Morgan fingerprint density at radius 2 is 2.08 bits per heavy atom. The van der Waals surface area contributed by atoms with Gasteiger partial charge in [0, 0.05) is 0 Å². The van der Waals surface area contributed by atoms with Crippen molar-refractivity contribution in [2.45, 2.75) is 20.3 Å². The number of fused-ring (bicyclic) bond motifs is 1. The van der Waals surface area contributed by atoms with Gasteiger partial charge in [-0.05, 0) is 37.5 Å². The zero-order valence-corrected chi connectivity index (χ0v) is 7.42. The van der Waals surface area contributed by atoms with E-state index in [2.05, 4.69) is 31.2 Å². The first-order valence-corrected chi connectivity index (χ1v) is 4.20. The van der Waals surface area contributed by atoms with Crippen LogP contribution < -0.4 is 4.74 Å². The number of allylic oxidation sites excluding steroid dienone is 2. The molecule has 2 rings (SSSR count). The van der Waals surface area contributed by atoms with Crippen LogP contribution in [0.1, 0.15) is 18.1 Å². The lowest BCUT2D eigenvalue weighted by molar-refractivity contribution is 0.409. The monoisotopic (exact) mass is 160 g/mol. The lowest BCUT2D eigenvalue weighted by Crippen LogP contribution is -2.03. The molecule has 0 radical (unpaired) electrons. The summed E-state index contributed by atoms with van der Waals surface area (Å²) in [6.45, 7) is 4.08. The van der Waals surface area contributed by atoms with Crippen molar-refractivity contribution in [2.75, 3.05) is 0 Å². The molecule has 0 aromatic heterocycles. The van der Waals surface area contributed by atoms with Crippen LogP contribution in [0.25, 0.3) is 0 Å². The highest BCUT2D eigenvalue weighted by atomic mass is 16.5. The number of para-hydroxylation sites is 1. The van der Waals surface area contributed by atoms with Crippen LogP contribution in [0.3, 0.4) is 0 Å². The van der Waals surface area contributed by atoms with Gasteiger partial charge in [-0.1, -0.05) is 18.2 Å². The lowest BCUT2D eigenvalue weighted by atomic mass is 10.0. The van der Waals surface area contributed by atoms with Gasteiger partial charge in [0.15, 0.2) is 0 Å². The average Bonchev–Trinajstić information content (AvgIpc) is 2.07. The first-order valence-electron chi connectivity index (χ1n) is 4.20. The summed E-state index contributed by atoms with van der Waals surface area (Å²) in [5.74, 6) is 2.06. The van der Waals surface area contributed by atoms with Gasteiger partial charge in [-0.25, -0.2) is 0 Å². The van der Waals surface area contributed by atoms with Crippen LogP contribution in [-0.4, -0.2) is 0 Å². The number of aryl methyl sites for hydroxylation is 1. The van der Waals surface area contributed by atoms with E-state index in [-0.39, 0.29) is 0 Å². The quantitative estimate of drug-likeness (QED) is 0.567. The maximum atomic E-state index is 5.62. The molecule has 1 aliphatic heterocycles. The first kappa shape index (κ1) is 7.41. The molecular weight excluding hydrogens is 148 g/mol. The van der Waals surface area contributed by atoms with E-state index in [1.54, 1.807) is 0 Å². The van der Waals surface area contributed by atoms with Crippen LogP contribution in [0.5, 0.6) is 5.75 Å². The second kappa shape index (κ2) is 2.67. The highest BCUT2D eigenvalue weighted by Crippen LogP contribution is 2.29. The predicted octanol–water partition coefficient (Wildman–Crippen LogP) is 2.83. The Balaban J connectivity index is 2.49. The summed E-state index contributed by atoms with van der Waals surface area (Å²) in [4.78, 5) is 0. The molecule has 0 spiro atoms. The van der Waals surface area contributed by atoms with Crippen LogP contribution in [0, 0.1) is 6.92 Å². The van der Waals surface area contributed by atoms with E-state index in [1.165, 1.54) is 11.1 Å². The maximum absolute atomic E-state index is 5.62. The van der Waals surface area contributed by atoms with Crippen LogP contribution in [0.15, 0.2) is 30.0 Å². The average molecular weight is 160 g/mol. The predicted molar refractivity (Wildman–Crippen MR) is 49.3 cm³/mol. The van der Waals surface area contributed by atoms with E-state index in [0.717, 1.165) is 17.9 Å². The lowest BCUT2D eigenvalue weighted by Gasteiger charge is -2.17. The molecule has 0 amide bonds. The van der Waals surface area contributed by atoms with Gasteiger partial charge >= 0.3 is 0 Å². The van der Waals surface area contributed by atoms with Crippen molar-refractivity contribution in [1.29, 1.82) is 0 Å². The molecule has 1 heterocycles. The summed E-state index contributed by atoms with van der Waals surface area (Å²) in [6.07, 6.45) is 3.12. The number of benzene rings is 1. The minimum Gasteiger partial charge on any atom is -0.462 e. The molecule has 0 bridgehead atoms. The van der Waals surface area contributed by atoms with Crippen molar-refractivity contribution in [3.8, 4) is 5.75 Å². The molecule has 0 fully saturated rings. The molecule has 1 aromatic rings. The van der Waals surface area contributed by atoms with Crippen LogP contribution in [-0.2, 0) is 6.42 Å². The minimum atomic E-state index is 1.00. The largest absolute Gasteiger partial charge is 0.462 e. The summed E-state index contributed by atoms with van der Waals surface area (Å²) in [6, 6.07) is 6.27. The molecule has 1 aliphatic rings. The fourth-order valence-corrected chi connectivity index (χ4v) is 1.48. The highest BCUT2D eigenvalue weighted by Gasteiger charge is 2.10. The van der Waals surface area contributed by atoms with Crippen molar-refractivity contribution in [1.82, 2.24) is 0 Å². The SMILES string of the molecule is CC1=CCc2cccc(C)c2O1. The van der Waals surface area contributed by atoms with E-state index in [0.29, 0.717) is 0 Å². The Morgan fingerprint density at radius 1 is 1.25 bits per heavy atom. The van der Waals surface area contributed by atoms with Crippen molar-refractivity contribution in [2.24, 2.45) is 0 Å². The van der Waals surface area contributed by atoms with Crippen molar-refractivity contribution >= 4 is 0 Å². The molecule has 62 valence electrons. The third kappa shape index (κ3) is 1.11. The van der Waals surface area contributed by atoms with E-state index in [1.807, 2.05) is 6.92 Å². The smallest absolute Gasteiger partial charge is 0.133 e. The number of rotatable bonds is 0. The zero-order chi connectivity index (χ0) is 8.55. The van der Waals surface area contributed by atoms with Gasteiger partial charge in [0.1, 0.15) is 5.75 Å². The minimum absolute atomic E-state index is 1.00. The van der Waals surface area contributed by atoms with E-state index in [9.17, 15) is 0 Å². The normalized spacial score (nSPS) is 14.7.